The molecule has 2 rings (SSSR count). The van der Waals surface area contributed by atoms with Crippen LogP contribution in [0.15, 0.2) is 24.3 Å². The molecule has 0 aromatic heterocycles. The highest BCUT2D eigenvalue weighted by atomic mass is 16.5. The van der Waals surface area contributed by atoms with Gasteiger partial charge in [0.25, 0.3) is 0 Å². The second-order valence-corrected chi connectivity index (χ2v) is 6.70. The van der Waals surface area contributed by atoms with Gasteiger partial charge in [0.2, 0.25) is 0 Å². The summed E-state index contributed by atoms with van der Waals surface area (Å²) in [5, 5.41) is 3.61. The van der Waals surface area contributed by atoms with Crippen molar-refractivity contribution in [2.24, 2.45) is 5.41 Å². The first-order valence-electron chi connectivity index (χ1n) is 7.71. The van der Waals surface area contributed by atoms with E-state index in [1.807, 2.05) is 24.3 Å². The van der Waals surface area contributed by atoms with E-state index in [1.54, 1.807) is 7.11 Å². The summed E-state index contributed by atoms with van der Waals surface area (Å²) < 4.78 is 11.0. The zero-order valence-electron chi connectivity index (χ0n) is 13.7. The van der Waals surface area contributed by atoms with Crippen molar-refractivity contribution in [2.75, 3.05) is 39.9 Å². The lowest BCUT2D eigenvalue weighted by Gasteiger charge is -2.40. The van der Waals surface area contributed by atoms with Gasteiger partial charge in [-0.1, -0.05) is 20.8 Å². The SMILES string of the molecule is COc1ccc(OCCN2CCNC(C(C)(C)C)C2)cc1. The van der Waals surface area contributed by atoms with Crippen molar-refractivity contribution in [3.63, 3.8) is 0 Å². The molecule has 1 aromatic rings. The minimum atomic E-state index is 0.301. The Morgan fingerprint density at radius 1 is 1.19 bits per heavy atom. The van der Waals surface area contributed by atoms with Crippen LogP contribution in [0.3, 0.4) is 0 Å². The zero-order valence-corrected chi connectivity index (χ0v) is 13.7. The van der Waals surface area contributed by atoms with Crippen LogP contribution in [0.1, 0.15) is 20.8 Å². The second-order valence-electron chi connectivity index (χ2n) is 6.70. The third-order valence-corrected chi connectivity index (χ3v) is 4.04. The Bertz CT molecular complexity index is 425. The van der Waals surface area contributed by atoms with E-state index in [9.17, 15) is 0 Å². The average molecular weight is 292 g/mol. The molecule has 1 aliphatic heterocycles. The van der Waals surface area contributed by atoms with E-state index in [0.717, 1.165) is 44.3 Å². The highest BCUT2D eigenvalue weighted by Crippen LogP contribution is 2.22. The fraction of sp³-hybridized carbons (Fsp3) is 0.647. The van der Waals surface area contributed by atoms with Crippen LogP contribution < -0.4 is 14.8 Å². The number of ether oxygens (including phenoxy) is 2. The lowest BCUT2D eigenvalue weighted by molar-refractivity contribution is 0.118. The number of benzene rings is 1. The van der Waals surface area contributed by atoms with Crippen LogP contribution in [0, 0.1) is 5.41 Å². The van der Waals surface area contributed by atoms with Gasteiger partial charge < -0.3 is 14.8 Å². The van der Waals surface area contributed by atoms with Crippen LogP contribution in [-0.4, -0.2) is 50.8 Å². The first kappa shape index (κ1) is 16.1. The van der Waals surface area contributed by atoms with Gasteiger partial charge in [-0.15, -0.1) is 0 Å². The van der Waals surface area contributed by atoms with Crippen molar-refractivity contribution in [1.29, 1.82) is 0 Å². The molecule has 0 amide bonds. The summed E-state index contributed by atoms with van der Waals surface area (Å²) in [6.07, 6.45) is 0. The molecule has 0 bridgehead atoms. The molecule has 0 saturated carbocycles. The number of hydrogen-bond acceptors (Lipinski definition) is 4. The maximum atomic E-state index is 5.81. The molecule has 0 aliphatic carbocycles. The molecule has 1 saturated heterocycles. The fourth-order valence-electron chi connectivity index (χ4n) is 2.56. The lowest BCUT2D eigenvalue weighted by Crippen LogP contribution is -2.56. The van der Waals surface area contributed by atoms with Crippen molar-refractivity contribution in [3.05, 3.63) is 24.3 Å². The second kappa shape index (κ2) is 7.14. The third kappa shape index (κ3) is 4.90. The summed E-state index contributed by atoms with van der Waals surface area (Å²) in [5.74, 6) is 1.76. The van der Waals surface area contributed by atoms with Gasteiger partial charge in [0, 0.05) is 32.2 Å². The predicted molar refractivity (Wildman–Crippen MR) is 86.2 cm³/mol. The molecule has 1 N–H and O–H groups in total. The minimum Gasteiger partial charge on any atom is -0.497 e. The predicted octanol–water partition coefficient (Wildman–Crippen LogP) is 2.39. The van der Waals surface area contributed by atoms with E-state index in [1.165, 1.54) is 0 Å². The normalized spacial score (nSPS) is 20.3. The maximum absolute atomic E-state index is 5.81. The minimum absolute atomic E-state index is 0.301. The van der Waals surface area contributed by atoms with Crippen LogP contribution in [0.4, 0.5) is 0 Å². The van der Waals surface area contributed by atoms with Gasteiger partial charge in [-0.25, -0.2) is 0 Å². The van der Waals surface area contributed by atoms with E-state index < -0.39 is 0 Å². The highest BCUT2D eigenvalue weighted by molar-refractivity contribution is 5.31. The molecule has 1 aliphatic rings. The summed E-state index contributed by atoms with van der Waals surface area (Å²) in [6, 6.07) is 8.31. The van der Waals surface area contributed by atoms with Crippen molar-refractivity contribution < 1.29 is 9.47 Å². The van der Waals surface area contributed by atoms with Crippen molar-refractivity contribution in [3.8, 4) is 11.5 Å². The third-order valence-electron chi connectivity index (χ3n) is 4.04. The number of piperazine rings is 1. The van der Waals surface area contributed by atoms with E-state index in [-0.39, 0.29) is 0 Å². The fourth-order valence-corrected chi connectivity index (χ4v) is 2.56. The molecule has 4 nitrogen and oxygen atoms in total. The Morgan fingerprint density at radius 2 is 1.86 bits per heavy atom. The molecule has 4 heteroatoms. The molecular formula is C17H28N2O2. The monoisotopic (exact) mass is 292 g/mol. The first-order chi connectivity index (χ1) is 9.99. The lowest BCUT2D eigenvalue weighted by atomic mass is 9.85. The molecule has 1 atom stereocenters. The topological polar surface area (TPSA) is 33.7 Å². The number of nitrogens with zero attached hydrogens (tertiary/aromatic N) is 1. The molecule has 1 heterocycles. The van der Waals surface area contributed by atoms with Gasteiger partial charge in [0.05, 0.1) is 7.11 Å². The van der Waals surface area contributed by atoms with Gasteiger partial charge in [0.1, 0.15) is 18.1 Å². The summed E-state index contributed by atoms with van der Waals surface area (Å²) >= 11 is 0. The van der Waals surface area contributed by atoms with Crippen molar-refractivity contribution >= 4 is 0 Å². The van der Waals surface area contributed by atoms with Gasteiger partial charge in [-0.05, 0) is 29.7 Å². The van der Waals surface area contributed by atoms with Crippen molar-refractivity contribution in [1.82, 2.24) is 10.2 Å². The van der Waals surface area contributed by atoms with Gasteiger partial charge in [-0.2, -0.15) is 0 Å². The average Bonchev–Trinajstić information content (AvgIpc) is 2.47. The molecule has 1 unspecified atom stereocenters. The molecule has 1 aromatic carbocycles. The summed E-state index contributed by atoms with van der Waals surface area (Å²) in [6.45, 7) is 11.8. The van der Waals surface area contributed by atoms with E-state index in [2.05, 4.69) is 31.0 Å². The quantitative estimate of drug-likeness (QED) is 0.903. The molecule has 0 radical (unpaired) electrons. The van der Waals surface area contributed by atoms with E-state index >= 15 is 0 Å². The molecule has 1 fully saturated rings. The molecule has 0 spiro atoms. The van der Waals surface area contributed by atoms with E-state index in [0.29, 0.717) is 11.5 Å². The Hall–Kier alpha value is -1.26. The molecule has 21 heavy (non-hydrogen) atoms. The van der Waals surface area contributed by atoms with Gasteiger partial charge >= 0.3 is 0 Å². The highest BCUT2D eigenvalue weighted by Gasteiger charge is 2.28. The van der Waals surface area contributed by atoms with Crippen LogP contribution in [0.25, 0.3) is 0 Å². The van der Waals surface area contributed by atoms with Gasteiger partial charge in [0.15, 0.2) is 0 Å². The Morgan fingerprint density at radius 3 is 2.48 bits per heavy atom. The summed E-state index contributed by atoms with van der Waals surface area (Å²) in [7, 11) is 1.67. The summed E-state index contributed by atoms with van der Waals surface area (Å²) in [4.78, 5) is 2.48. The number of rotatable bonds is 5. The van der Waals surface area contributed by atoms with Crippen LogP contribution in [0.2, 0.25) is 0 Å². The number of methoxy groups -OCH3 is 1. The number of hydrogen-bond donors (Lipinski definition) is 1. The first-order valence-corrected chi connectivity index (χ1v) is 7.71. The van der Waals surface area contributed by atoms with Gasteiger partial charge in [-0.3, -0.25) is 4.90 Å². The maximum Gasteiger partial charge on any atom is 0.119 e. The molecule has 118 valence electrons. The zero-order chi connectivity index (χ0) is 15.3. The van der Waals surface area contributed by atoms with Crippen LogP contribution in [0.5, 0.6) is 11.5 Å². The van der Waals surface area contributed by atoms with E-state index in [4.69, 9.17) is 9.47 Å². The largest absolute Gasteiger partial charge is 0.497 e. The smallest absolute Gasteiger partial charge is 0.119 e. The van der Waals surface area contributed by atoms with Crippen molar-refractivity contribution in [2.45, 2.75) is 26.8 Å². The summed E-state index contributed by atoms with van der Waals surface area (Å²) in [5.41, 5.74) is 0.301. The number of nitrogens with one attached hydrogen (secondary N) is 1. The standard InChI is InChI=1S/C17H28N2O2/c1-17(2,3)16-13-19(10-9-18-16)11-12-21-15-7-5-14(20-4)6-8-15/h5-8,16,18H,9-13H2,1-4H3. The molecular weight excluding hydrogens is 264 g/mol. The Labute approximate surface area is 128 Å². The Balaban J connectivity index is 1.75. The Kier molecular flexibility index (Phi) is 5.48. The van der Waals surface area contributed by atoms with Crippen LogP contribution in [-0.2, 0) is 0 Å². The van der Waals surface area contributed by atoms with Crippen LogP contribution >= 0.6 is 0 Å².